The Hall–Kier alpha value is -1.88. The fraction of sp³-hybridized carbons (Fsp3) is 0.467. The van der Waals surface area contributed by atoms with Crippen molar-refractivity contribution >= 4 is 6.01 Å². The topological polar surface area (TPSA) is 54.2 Å². The predicted molar refractivity (Wildman–Crippen MR) is 76.6 cm³/mol. The zero-order chi connectivity index (χ0) is 13.5. The molecule has 2 aliphatic heterocycles. The van der Waals surface area contributed by atoms with Crippen molar-refractivity contribution in [1.29, 1.82) is 0 Å². The number of nitrogens with one attached hydrogen (secondary N) is 1. The molecule has 0 aliphatic carbocycles. The van der Waals surface area contributed by atoms with Crippen molar-refractivity contribution in [3.05, 3.63) is 29.8 Å². The molecule has 0 amide bonds. The monoisotopic (exact) mass is 270 g/mol. The van der Waals surface area contributed by atoms with E-state index in [2.05, 4.69) is 39.4 Å². The maximum absolute atomic E-state index is 5.45. The highest BCUT2D eigenvalue weighted by Crippen LogP contribution is 2.26. The lowest BCUT2D eigenvalue weighted by Gasteiger charge is -2.31. The van der Waals surface area contributed by atoms with Crippen LogP contribution in [-0.2, 0) is 0 Å². The van der Waals surface area contributed by atoms with Gasteiger partial charge in [0.05, 0.1) is 0 Å². The third-order valence-electron chi connectivity index (χ3n) is 4.21. The summed E-state index contributed by atoms with van der Waals surface area (Å²) in [5.74, 6) is 0.672. The van der Waals surface area contributed by atoms with Crippen LogP contribution >= 0.6 is 0 Å². The molecule has 1 N–H and O–H groups in total. The third-order valence-corrected chi connectivity index (χ3v) is 4.21. The molecule has 2 fully saturated rings. The van der Waals surface area contributed by atoms with Crippen molar-refractivity contribution in [2.45, 2.75) is 31.8 Å². The van der Waals surface area contributed by atoms with E-state index in [4.69, 9.17) is 4.52 Å². The summed E-state index contributed by atoms with van der Waals surface area (Å²) in [4.78, 5) is 6.76. The molecule has 1 aromatic heterocycles. The van der Waals surface area contributed by atoms with Crippen LogP contribution in [0.4, 0.5) is 6.01 Å². The first-order chi connectivity index (χ1) is 9.78. The molecular weight excluding hydrogens is 252 g/mol. The fourth-order valence-electron chi connectivity index (χ4n) is 3.12. The molecule has 2 saturated heterocycles. The molecule has 4 rings (SSSR count). The zero-order valence-corrected chi connectivity index (χ0v) is 11.5. The second-order valence-electron chi connectivity index (χ2n) is 5.81. The van der Waals surface area contributed by atoms with Crippen LogP contribution < -0.4 is 10.2 Å². The van der Waals surface area contributed by atoms with Crippen molar-refractivity contribution in [2.24, 2.45) is 0 Å². The van der Waals surface area contributed by atoms with E-state index < -0.39 is 0 Å². The lowest BCUT2D eigenvalue weighted by Crippen LogP contribution is -2.51. The standard InChI is InChI=1S/C15H18N4O/c1-10-2-4-11(5-3-10)14-17-15(20-18-14)19-8-12-6-7-13(9-19)16-12/h2-5,12-13,16H,6-9H2,1H3. The lowest BCUT2D eigenvalue weighted by molar-refractivity contribution is 0.384. The molecule has 0 saturated carbocycles. The highest BCUT2D eigenvalue weighted by Gasteiger charge is 2.34. The summed E-state index contributed by atoms with van der Waals surface area (Å²) in [5, 5.41) is 7.72. The quantitative estimate of drug-likeness (QED) is 0.904. The molecule has 0 radical (unpaired) electrons. The molecule has 5 nitrogen and oxygen atoms in total. The van der Waals surface area contributed by atoms with Crippen LogP contribution in [0.3, 0.4) is 0 Å². The van der Waals surface area contributed by atoms with E-state index in [1.165, 1.54) is 18.4 Å². The maximum atomic E-state index is 5.45. The number of benzene rings is 1. The maximum Gasteiger partial charge on any atom is 0.324 e. The van der Waals surface area contributed by atoms with Crippen LogP contribution in [0.2, 0.25) is 0 Å². The molecule has 104 valence electrons. The molecule has 5 heteroatoms. The van der Waals surface area contributed by atoms with E-state index in [0.29, 0.717) is 23.9 Å². The summed E-state index contributed by atoms with van der Waals surface area (Å²) < 4.78 is 5.45. The average molecular weight is 270 g/mol. The number of aromatic nitrogens is 2. The smallest absolute Gasteiger partial charge is 0.321 e. The average Bonchev–Trinajstić information content (AvgIpc) is 3.07. The van der Waals surface area contributed by atoms with Gasteiger partial charge < -0.3 is 14.7 Å². The van der Waals surface area contributed by atoms with Crippen molar-refractivity contribution in [3.8, 4) is 11.4 Å². The van der Waals surface area contributed by atoms with Gasteiger partial charge in [-0.25, -0.2) is 0 Å². The minimum atomic E-state index is 0.573. The highest BCUT2D eigenvalue weighted by atomic mass is 16.5. The van der Waals surface area contributed by atoms with Crippen LogP contribution in [0.1, 0.15) is 18.4 Å². The summed E-state index contributed by atoms with van der Waals surface area (Å²) in [7, 11) is 0. The van der Waals surface area contributed by atoms with E-state index in [1.807, 2.05) is 12.1 Å². The second-order valence-corrected chi connectivity index (χ2v) is 5.81. The number of piperazine rings is 1. The Labute approximate surface area is 118 Å². The summed E-state index contributed by atoms with van der Waals surface area (Å²) >= 11 is 0. The van der Waals surface area contributed by atoms with E-state index in [1.54, 1.807) is 0 Å². The van der Waals surface area contributed by atoms with Gasteiger partial charge in [0.25, 0.3) is 0 Å². The summed E-state index contributed by atoms with van der Waals surface area (Å²) in [5.41, 5.74) is 2.24. The van der Waals surface area contributed by atoms with Crippen molar-refractivity contribution in [3.63, 3.8) is 0 Å². The van der Waals surface area contributed by atoms with Crippen LogP contribution in [0, 0.1) is 6.92 Å². The first-order valence-corrected chi connectivity index (χ1v) is 7.20. The van der Waals surface area contributed by atoms with E-state index in [-0.39, 0.29) is 0 Å². The number of aryl methyl sites for hydroxylation is 1. The Bertz CT molecular complexity index is 595. The van der Waals surface area contributed by atoms with E-state index in [0.717, 1.165) is 18.7 Å². The SMILES string of the molecule is Cc1ccc(-c2noc(N3CC4CCC(C3)N4)n2)cc1. The lowest BCUT2D eigenvalue weighted by atomic mass is 10.1. The predicted octanol–water partition coefficient (Wildman–Crippen LogP) is 1.99. The molecule has 2 aromatic rings. The first kappa shape index (κ1) is 11.9. The number of nitrogens with zero attached hydrogens (tertiary/aromatic N) is 3. The molecule has 2 atom stereocenters. The molecule has 3 heterocycles. The number of rotatable bonds is 2. The Morgan fingerprint density at radius 3 is 2.55 bits per heavy atom. The van der Waals surface area contributed by atoms with Gasteiger partial charge in [-0.15, -0.1) is 0 Å². The fourth-order valence-corrected chi connectivity index (χ4v) is 3.12. The molecule has 20 heavy (non-hydrogen) atoms. The van der Waals surface area contributed by atoms with Gasteiger partial charge in [-0.1, -0.05) is 35.0 Å². The third kappa shape index (κ3) is 2.08. The Balaban J connectivity index is 1.57. The summed E-state index contributed by atoms with van der Waals surface area (Å²) in [6.07, 6.45) is 2.50. The number of hydrogen-bond acceptors (Lipinski definition) is 5. The van der Waals surface area contributed by atoms with Crippen molar-refractivity contribution in [2.75, 3.05) is 18.0 Å². The van der Waals surface area contributed by atoms with Gasteiger partial charge in [-0.05, 0) is 19.8 Å². The first-order valence-electron chi connectivity index (χ1n) is 7.20. The van der Waals surface area contributed by atoms with Crippen LogP contribution in [0.15, 0.2) is 28.8 Å². The van der Waals surface area contributed by atoms with Crippen LogP contribution in [-0.4, -0.2) is 35.3 Å². The molecule has 1 aromatic carbocycles. The van der Waals surface area contributed by atoms with Gasteiger partial charge in [0.15, 0.2) is 0 Å². The van der Waals surface area contributed by atoms with Crippen molar-refractivity contribution in [1.82, 2.24) is 15.5 Å². The minimum absolute atomic E-state index is 0.573. The second kappa shape index (κ2) is 4.59. The minimum Gasteiger partial charge on any atom is -0.321 e. The van der Waals surface area contributed by atoms with Gasteiger partial charge in [0.2, 0.25) is 5.82 Å². The van der Waals surface area contributed by atoms with Gasteiger partial charge in [-0.3, -0.25) is 0 Å². The molecule has 2 bridgehead atoms. The Morgan fingerprint density at radius 1 is 1.15 bits per heavy atom. The van der Waals surface area contributed by atoms with Crippen molar-refractivity contribution < 1.29 is 4.52 Å². The Kier molecular flexibility index (Phi) is 2.73. The molecule has 2 aliphatic rings. The van der Waals surface area contributed by atoms with Gasteiger partial charge in [0.1, 0.15) is 0 Å². The normalized spacial score (nSPS) is 25.1. The largest absolute Gasteiger partial charge is 0.324 e. The molecule has 2 unspecified atom stereocenters. The molecule has 0 spiro atoms. The van der Waals surface area contributed by atoms with Crippen LogP contribution in [0.5, 0.6) is 0 Å². The van der Waals surface area contributed by atoms with E-state index in [9.17, 15) is 0 Å². The van der Waals surface area contributed by atoms with E-state index >= 15 is 0 Å². The zero-order valence-electron chi connectivity index (χ0n) is 11.5. The summed E-state index contributed by atoms with van der Waals surface area (Å²) in [6, 6.07) is 10.00. The Morgan fingerprint density at radius 2 is 1.85 bits per heavy atom. The van der Waals surface area contributed by atoms with Crippen LogP contribution in [0.25, 0.3) is 11.4 Å². The van der Waals surface area contributed by atoms with Gasteiger partial charge >= 0.3 is 6.01 Å². The number of anilines is 1. The molecular formula is C15H18N4O. The summed E-state index contributed by atoms with van der Waals surface area (Å²) in [6.45, 7) is 4.00. The number of hydrogen-bond donors (Lipinski definition) is 1. The van der Waals surface area contributed by atoms with Gasteiger partial charge in [-0.2, -0.15) is 4.98 Å². The van der Waals surface area contributed by atoms with Gasteiger partial charge in [0, 0.05) is 30.7 Å². The number of fused-ring (bicyclic) bond motifs is 2. The highest BCUT2D eigenvalue weighted by molar-refractivity contribution is 5.56.